The number of anilines is 1. The second-order valence-electron chi connectivity index (χ2n) is 12.3. The van der Waals surface area contributed by atoms with Gasteiger partial charge in [0.2, 0.25) is 5.91 Å². The summed E-state index contributed by atoms with van der Waals surface area (Å²) in [6.07, 6.45) is 13.4. The average Bonchev–Trinajstić information content (AvgIpc) is 3.66. The zero-order valence-corrected chi connectivity index (χ0v) is 26.3. The van der Waals surface area contributed by atoms with Crippen LogP contribution in [0.25, 0.3) is 5.57 Å². The molecule has 4 aliphatic rings. The van der Waals surface area contributed by atoms with Crippen molar-refractivity contribution < 1.29 is 19.1 Å². The van der Waals surface area contributed by atoms with Gasteiger partial charge in [-0.2, -0.15) is 0 Å². The van der Waals surface area contributed by atoms with Crippen LogP contribution in [-0.4, -0.2) is 60.0 Å². The molecule has 6 rings (SSSR count). The SMILES string of the molecule is C/C=C\C1=C(C)C(COC(=O)N2CCC[C@H]2C(=O)Nc2sc3c(c2C(=O)N2CCCCC2)CCCCC3)c2ccccc21. The summed E-state index contributed by atoms with van der Waals surface area (Å²) in [5.74, 6) is -0.183. The molecule has 2 aliphatic heterocycles. The Morgan fingerprint density at radius 1 is 1.00 bits per heavy atom. The van der Waals surface area contributed by atoms with Gasteiger partial charge < -0.3 is 15.0 Å². The van der Waals surface area contributed by atoms with E-state index in [1.165, 1.54) is 27.2 Å². The second kappa shape index (κ2) is 13.1. The van der Waals surface area contributed by atoms with E-state index in [0.29, 0.717) is 23.5 Å². The number of likely N-dealkylation sites (tertiary alicyclic amines) is 2. The highest BCUT2D eigenvalue weighted by molar-refractivity contribution is 7.17. The quantitative estimate of drug-likeness (QED) is 0.352. The number of carbonyl (C=O) groups is 3. The van der Waals surface area contributed by atoms with Crippen molar-refractivity contribution in [1.82, 2.24) is 9.80 Å². The maximum Gasteiger partial charge on any atom is 0.410 e. The molecule has 3 heterocycles. The molecule has 8 heteroatoms. The van der Waals surface area contributed by atoms with E-state index in [2.05, 4.69) is 30.4 Å². The molecule has 1 aromatic heterocycles. The van der Waals surface area contributed by atoms with Crippen molar-refractivity contribution >= 4 is 39.8 Å². The zero-order chi connectivity index (χ0) is 29.9. The fourth-order valence-electron chi connectivity index (χ4n) is 7.28. The molecule has 43 heavy (non-hydrogen) atoms. The second-order valence-corrected chi connectivity index (χ2v) is 13.4. The lowest BCUT2D eigenvalue weighted by atomic mass is 9.98. The Kier molecular flexibility index (Phi) is 9.03. The van der Waals surface area contributed by atoms with E-state index in [9.17, 15) is 14.4 Å². The average molecular weight is 602 g/mol. The standard InChI is InChI=1S/C35H43N3O4S/c1-3-13-24-23(2)28(26-15-9-8-14-25(24)26)22-42-35(41)38-21-12-17-29(38)32(39)36-33-31(34(40)37-19-10-5-11-20-37)27-16-6-4-7-18-30(27)43-33/h3,8-9,13-15,28-29H,4-7,10-12,16-22H2,1-2H3,(H,36,39)/b13-3-/t28?,29-/m0/s1. The highest BCUT2D eigenvalue weighted by Crippen LogP contribution is 2.43. The van der Waals surface area contributed by atoms with Gasteiger partial charge in [-0.25, -0.2) is 4.79 Å². The number of hydrogen-bond donors (Lipinski definition) is 1. The highest BCUT2D eigenvalue weighted by atomic mass is 32.1. The minimum Gasteiger partial charge on any atom is -0.448 e. The van der Waals surface area contributed by atoms with Crippen molar-refractivity contribution in [1.29, 1.82) is 0 Å². The van der Waals surface area contributed by atoms with Crippen LogP contribution in [-0.2, 0) is 22.4 Å². The molecule has 2 fully saturated rings. The number of nitrogens with zero attached hydrogens (tertiary/aromatic N) is 2. The zero-order valence-electron chi connectivity index (χ0n) is 25.5. The van der Waals surface area contributed by atoms with Gasteiger partial charge in [0.05, 0.1) is 5.56 Å². The van der Waals surface area contributed by atoms with E-state index in [1.807, 2.05) is 30.0 Å². The van der Waals surface area contributed by atoms with E-state index < -0.39 is 12.1 Å². The van der Waals surface area contributed by atoms with E-state index in [4.69, 9.17) is 4.74 Å². The van der Waals surface area contributed by atoms with Crippen molar-refractivity contribution in [2.75, 3.05) is 31.6 Å². The van der Waals surface area contributed by atoms with Crippen LogP contribution in [0.1, 0.15) is 103 Å². The smallest absolute Gasteiger partial charge is 0.410 e. The van der Waals surface area contributed by atoms with Crippen molar-refractivity contribution in [3.05, 3.63) is 69.1 Å². The van der Waals surface area contributed by atoms with Crippen LogP contribution >= 0.6 is 11.3 Å². The monoisotopic (exact) mass is 601 g/mol. The molecule has 1 N–H and O–H groups in total. The Morgan fingerprint density at radius 2 is 1.77 bits per heavy atom. The summed E-state index contributed by atoms with van der Waals surface area (Å²) in [6.45, 7) is 6.38. The molecule has 0 bridgehead atoms. The van der Waals surface area contributed by atoms with Gasteiger partial charge in [0, 0.05) is 30.4 Å². The number of fused-ring (bicyclic) bond motifs is 2. The number of rotatable bonds is 6. The first-order valence-electron chi connectivity index (χ1n) is 16.1. The minimum absolute atomic E-state index is 0.00823. The predicted molar refractivity (Wildman–Crippen MR) is 172 cm³/mol. The van der Waals surface area contributed by atoms with Gasteiger partial charge in [0.15, 0.2) is 0 Å². The molecule has 2 atom stereocenters. The number of amides is 3. The Hall–Kier alpha value is -3.39. The van der Waals surface area contributed by atoms with Gasteiger partial charge in [-0.05, 0) is 93.9 Å². The number of carbonyl (C=O) groups excluding carboxylic acids is 3. The van der Waals surface area contributed by atoms with Crippen LogP contribution in [0.5, 0.6) is 0 Å². The van der Waals surface area contributed by atoms with Crippen molar-refractivity contribution in [3.8, 4) is 0 Å². The van der Waals surface area contributed by atoms with Gasteiger partial charge in [0.25, 0.3) is 5.91 Å². The van der Waals surface area contributed by atoms with Crippen LogP contribution in [0.3, 0.4) is 0 Å². The first-order chi connectivity index (χ1) is 21.0. The number of thiophene rings is 1. The summed E-state index contributed by atoms with van der Waals surface area (Å²) >= 11 is 1.56. The van der Waals surface area contributed by atoms with E-state index in [-0.39, 0.29) is 24.3 Å². The fraction of sp³-hybridized carbons (Fsp3) is 0.514. The van der Waals surface area contributed by atoms with E-state index >= 15 is 0 Å². The summed E-state index contributed by atoms with van der Waals surface area (Å²) in [5, 5.41) is 3.80. The minimum atomic E-state index is -0.613. The Morgan fingerprint density at radius 3 is 2.58 bits per heavy atom. The van der Waals surface area contributed by atoms with E-state index in [0.717, 1.165) is 76.4 Å². The summed E-state index contributed by atoms with van der Waals surface area (Å²) in [7, 11) is 0. The number of aryl methyl sites for hydroxylation is 1. The molecule has 1 unspecified atom stereocenters. The topological polar surface area (TPSA) is 79.0 Å². The maximum atomic E-state index is 13.8. The summed E-state index contributed by atoms with van der Waals surface area (Å²) in [6, 6.07) is 7.67. The lowest BCUT2D eigenvalue weighted by Gasteiger charge is -2.28. The molecule has 1 aromatic carbocycles. The Labute approximate surface area is 259 Å². The summed E-state index contributed by atoms with van der Waals surface area (Å²) in [5.41, 5.74) is 6.55. The number of allylic oxidation sites excluding steroid dienone is 3. The maximum absolute atomic E-state index is 13.8. The first kappa shape index (κ1) is 29.7. The van der Waals surface area contributed by atoms with E-state index in [1.54, 1.807) is 16.2 Å². The third-order valence-corrected chi connectivity index (χ3v) is 10.8. The van der Waals surface area contributed by atoms with Crippen LogP contribution in [0.2, 0.25) is 0 Å². The third kappa shape index (κ3) is 5.91. The van der Waals surface area contributed by atoms with Gasteiger partial charge in [0.1, 0.15) is 17.6 Å². The highest BCUT2D eigenvalue weighted by Gasteiger charge is 2.38. The summed E-state index contributed by atoms with van der Waals surface area (Å²) in [4.78, 5) is 45.8. The molecule has 0 radical (unpaired) electrons. The Bertz CT molecular complexity index is 1450. The molecule has 3 amide bonds. The number of ether oxygens (including phenoxy) is 1. The van der Waals surface area contributed by atoms with Crippen LogP contribution in [0, 0.1) is 0 Å². The Balaban J connectivity index is 1.17. The molecule has 2 aliphatic carbocycles. The number of piperidine rings is 1. The summed E-state index contributed by atoms with van der Waals surface area (Å²) < 4.78 is 5.91. The lowest BCUT2D eigenvalue weighted by molar-refractivity contribution is -0.120. The van der Waals surface area contributed by atoms with Crippen LogP contribution in [0.4, 0.5) is 9.80 Å². The van der Waals surface area contributed by atoms with Crippen molar-refractivity contribution in [2.45, 2.75) is 90.0 Å². The number of benzene rings is 1. The predicted octanol–water partition coefficient (Wildman–Crippen LogP) is 7.33. The third-order valence-electron chi connectivity index (χ3n) is 9.59. The normalized spacial score (nSPS) is 22.0. The lowest BCUT2D eigenvalue weighted by Crippen LogP contribution is -2.44. The number of hydrogen-bond acceptors (Lipinski definition) is 5. The molecule has 2 aromatic rings. The van der Waals surface area contributed by atoms with Crippen molar-refractivity contribution in [3.63, 3.8) is 0 Å². The first-order valence-corrected chi connectivity index (χ1v) is 16.9. The fourth-order valence-corrected chi connectivity index (χ4v) is 8.57. The van der Waals surface area contributed by atoms with Crippen LogP contribution in [0.15, 0.2) is 42.0 Å². The van der Waals surface area contributed by atoms with Gasteiger partial charge in [-0.1, -0.05) is 48.4 Å². The molecule has 228 valence electrons. The molecular weight excluding hydrogens is 558 g/mol. The van der Waals surface area contributed by atoms with Crippen molar-refractivity contribution in [2.24, 2.45) is 0 Å². The van der Waals surface area contributed by atoms with Crippen LogP contribution < -0.4 is 5.32 Å². The molecule has 7 nitrogen and oxygen atoms in total. The van der Waals surface area contributed by atoms with Gasteiger partial charge in [-0.15, -0.1) is 11.3 Å². The van der Waals surface area contributed by atoms with Gasteiger partial charge >= 0.3 is 6.09 Å². The molecule has 2 saturated heterocycles. The number of nitrogens with one attached hydrogen (secondary N) is 1. The largest absolute Gasteiger partial charge is 0.448 e. The molecule has 0 spiro atoms. The molecular formula is C35H43N3O4S. The molecule has 0 saturated carbocycles. The van der Waals surface area contributed by atoms with Gasteiger partial charge in [-0.3, -0.25) is 14.5 Å².